The minimum Gasteiger partial charge on any atom is -0.0549 e. The number of hydrogen-bond acceptors (Lipinski definition) is 0. The van der Waals surface area contributed by atoms with Gasteiger partial charge < -0.3 is 0 Å². The number of fused-ring (bicyclic) bond motifs is 5. The van der Waals surface area contributed by atoms with Crippen LogP contribution in [0.4, 0.5) is 0 Å². The van der Waals surface area contributed by atoms with E-state index in [2.05, 4.69) is 6.07 Å². The highest BCUT2D eigenvalue weighted by Gasteiger charge is 2.44. The first-order valence-corrected chi connectivity index (χ1v) is 9.11. The van der Waals surface area contributed by atoms with Crippen molar-refractivity contribution in [3.63, 3.8) is 0 Å². The van der Waals surface area contributed by atoms with Gasteiger partial charge in [0.1, 0.15) is 0 Å². The van der Waals surface area contributed by atoms with Gasteiger partial charge in [-0.3, -0.25) is 0 Å². The molecule has 0 aromatic heterocycles. The van der Waals surface area contributed by atoms with Crippen LogP contribution in [-0.4, -0.2) is 0 Å². The third-order valence-electron chi connectivity index (χ3n) is 6.89. The van der Waals surface area contributed by atoms with Crippen LogP contribution in [0.1, 0.15) is 91.0 Å². The van der Waals surface area contributed by atoms with Gasteiger partial charge in [0, 0.05) is 0 Å². The molecular formula is C20H26. The predicted octanol–water partition coefficient (Wildman–Crippen LogP) is 5.27. The Morgan fingerprint density at radius 3 is 2.50 bits per heavy atom. The van der Waals surface area contributed by atoms with Gasteiger partial charge in [-0.2, -0.15) is 0 Å². The zero-order valence-corrected chi connectivity index (χ0v) is 12.6. The van der Waals surface area contributed by atoms with Crippen LogP contribution in [0.15, 0.2) is 6.07 Å². The number of rotatable bonds is 0. The molecule has 0 N–H and O–H groups in total. The van der Waals surface area contributed by atoms with Crippen LogP contribution in [0.2, 0.25) is 0 Å². The van der Waals surface area contributed by atoms with Gasteiger partial charge in [0.05, 0.1) is 0 Å². The van der Waals surface area contributed by atoms with Gasteiger partial charge >= 0.3 is 0 Å². The average molecular weight is 266 g/mol. The summed E-state index contributed by atoms with van der Waals surface area (Å²) in [6, 6.07) is 2.70. The van der Waals surface area contributed by atoms with Gasteiger partial charge in [0.25, 0.3) is 0 Å². The standard InChI is InChI=1S/C20H26/c1-2-7-14-13(6-1)12-19-16-9-4-3-8-15(16)18-11-5-10-17(14)20(18)19/h12,15-16,18H,1-11H2. The summed E-state index contributed by atoms with van der Waals surface area (Å²) in [7, 11) is 0. The van der Waals surface area contributed by atoms with E-state index < -0.39 is 0 Å². The van der Waals surface area contributed by atoms with Gasteiger partial charge in [-0.05, 0) is 103 Å². The Kier molecular flexibility index (Phi) is 2.58. The maximum Gasteiger partial charge on any atom is -0.0122 e. The minimum absolute atomic E-state index is 0.952. The number of aryl methyl sites for hydroxylation is 1. The summed E-state index contributed by atoms with van der Waals surface area (Å²) in [5.41, 5.74) is 9.18. The Labute approximate surface area is 123 Å². The Morgan fingerprint density at radius 1 is 0.700 bits per heavy atom. The highest BCUT2D eigenvalue weighted by atomic mass is 14.5. The fourth-order valence-corrected chi connectivity index (χ4v) is 6.16. The van der Waals surface area contributed by atoms with E-state index in [4.69, 9.17) is 0 Å². The molecule has 0 saturated heterocycles. The third kappa shape index (κ3) is 1.49. The molecule has 1 saturated carbocycles. The minimum atomic E-state index is 0.952. The van der Waals surface area contributed by atoms with Crippen molar-refractivity contribution in [3.8, 4) is 0 Å². The van der Waals surface area contributed by atoms with Gasteiger partial charge in [0.15, 0.2) is 0 Å². The monoisotopic (exact) mass is 266 g/mol. The van der Waals surface area contributed by atoms with Crippen LogP contribution in [0.3, 0.4) is 0 Å². The van der Waals surface area contributed by atoms with E-state index in [1.165, 1.54) is 70.6 Å². The first kappa shape index (κ1) is 11.8. The van der Waals surface area contributed by atoms with Crippen molar-refractivity contribution in [3.05, 3.63) is 33.9 Å². The molecule has 0 bridgehead atoms. The molecule has 4 aliphatic rings. The topological polar surface area (TPSA) is 0 Å². The van der Waals surface area contributed by atoms with E-state index in [0.717, 1.165) is 17.8 Å². The second-order valence-corrected chi connectivity index (χ2v) is 7.76. The lowest BCUT2D eigenvalue weighted by atomic mass is 9.73. The highest BCUT2D eigenvalue weighted by Crippen LogP contribution is 2.58. The molecule has 0 radical (unpaired) electrons. The van der Waals surface area contributed by atoms with Gasteiger partial charge in [-0.15, -0.1) is 0 Å². The largest absolute Gasteiger partial charge is 0.0549 e. The van der Waals surface area contributed by atoms with Crippen LogP contribution >= 0.6 is 0 Å². The van der Waals surface area contributed by atoms with Crippen molar-refractivity contribution in [2.45, 2.75) is 82.5 Å². The molecule has 0 heteroatoms. The molecule has 3 atom stereocenters. The van der Waals surface area contributed by atoms with Crippen molar-refractivity contribution in [2.24, 2.45) is 5.92 Å². The third-order valence-corrected chi connectivity index (χ3v) is 6.89. The molecule has 20 heavy (non-hydrogen) atoms. The van der Waals surface area contributed by atoms with Crippen LogP contribution in [-0.2, 0) is 19.3 Å². The molecule has 106 valence electrons. The van der Waals surface area contributed by atoms with E-state index in [1.807, 2.05) is 22.3 Å². The summed E-state index contributed by atoms with van der Waals surface area (Å²) in [6.45, 7) is 0. The Hall–Kier alpha value is -0.780. The SMILES string of the molecule is c1c2c(c3c4c1C1CCCCC1C4CCC3)CCCC2. The molecule has 1 aromatic carbocycles. The van der Waals surface area contributed by atoms with Crippen LogP contribution in [0.25, 0.3) is 0 Å². The van der Waals surface area contributed by atoms with Gasteiger partial charge in [0.2, 0.25) is 0 Å². The molecular weight excluding hydrogens is 240 g/mol. The van der Waals surface area contributed by atoms with E-state index in [0.29, 0.717) is 0 Å². The maximum atomic E-state index is 2.70. The fraction of sp³-hybridized carbons (Fsp3) is 0.700. The van der Waals surface area contributed by atoms with E-state index in [-0.39, 0.29) is 0 Å². The molecule has 0 nitrogen and oxygen atoms in total. The molecule has 0 heterocycles. The molecule has 1 aromatic rings. The normalized spacial score (nSPS) is 34.3. The molecule has 4 aliphatic carbocycles. The summed E-state index contributed by atoms with van der Waals surface area (Å²) in [6.07, 6.45) is 16.0. The number of benzene rings is 1. The van der Waals surface area contributed by atoms with E-state index >= 15 is 0 Å². The Morgan fingerprint density at radius 2 is 1.50 bits per heavy atom. The van der Waals surface area contributed by atoms with Crippen LogP contribution < -0.4 is 0 Å². The highest BCUT2D eigenvalue weighted by molar-refractivity contribution is 5.54. The molecule has 0 amide bonds. The summed E-state index contributed by atoms with van der Waals surface area (Å²) < 4.78 is 0. The van der Waals surface area contributed by atoms with E-state index in [1.54, 1.807) is 5.56 Å². The van der Waals surface area contributed by atoms with Crippen molar-refractivity contribution >= 4 is 0 Å². The quantitative estimate of drug-likeness (QED) is 0.600. The van der Waals surface area contributed by atoms with Crippen molar-refractivity contribution in [1.82, 2.24) is 0 Å². The van der Waals surface area contributed by atoms with Gasteiger partial charge in [-0.1, -0.05) is 18.9 Å². The maximum absolute atomic E-state index is 2.70. The molecule has 0 aliphatic heterocycles. The summed E-state index contributed by atoms with van der Waals surface area (Å²) in [4.78, 5) is 0. The zero-order valence-electron chi connectivity index (χ0n) is 12.6. The van der Waals surface area contributed by atoms with Crippen molar-refractivity contribution < 1.29 is 0 Å². The molecule has 0 spiro atoms. The average Bonchev–Trinajstić information content (AvgIpc) is 2.84. The summed E-state index contributed by atoms with van der Waals surface area (Å²) >= 11 is 0. The lowest BCUT2D eigenvalue weighted by molar-refractivity contribution is 0.275. The summed E-state index contributed by atoms with van der Waals surface area (Å²) in [5, 5.41) is 0. The van der Waals surface area contributed by atoms with Crippen LogP contribution in [0, 0.1) is 5.92 Å². The van der Waals surface area contributed by atoms with Crippen molar-refractivity contribution in [1.29, 1.82) is 0 Å². The molecule has 1 fully saturated rings. The number of hydrogen-bond donors (Lipinski definition) is 0. The second kappa shape index (κ2) is 4.36. The Bertz CT molecular complexity index is 554. The smallest absolute Gasteiger partial charge is 0.0122 e. The molecule has 3 unspecified atom stereocenters. The van der Waals surface area contributed by atoms with Gasteiger partial charge in [-0.25, -0.2) is 0 Å². The van der Waals surface area contributed by atoms with Crippen molar-refractivity contribution in [2.75, 3.05) is 0 Å². The lowest BCUT2D eigenvalue weighted by Gasteiger charge is -2.32. The fourth-order valence-electron chi connectivity index (χ4n) is 6.16. The first-order valence-electron chi connectivity index (χ1n) is 9.11. The summed E-state index contributed by atoms with van der Waals surface area (Å²) in [5.74, 6) is 2.95. The molecule has 5 rings (SSSR count). The second-order valence-electron chi connectivity index (χ2n) is 7.76. The van der Waals surface area contributed by atoms with Crippen LogP contribution in [0.5, 0.6) is 0 Å². The predicted molar refractivity (Wildman–Crippen MR) is 83.5 cm³/mol. The zero-order chi connectivity index (χ0) is 13.1. The first-order chi connectivity index (χ1) is 9.93. The lowest BCUT2D eigenvalue weighted by Crippen LogP contribution is -2.19. The van der Waals surface area contributed by atoms with E-state index in [9.17, 15) is 0 Å². The Balaban J connectivity index is 1.73.